The van der Waals surface area contributed by atoms with Crippen molar-refractivity contribution in [2.75, 3.05) is 13.1 Å². The molecular formula is C27H26N4O2. The normalized spacial score (nSPS) is 14.4. The molecule has 0 atom stereocenters. The van der Waals surface area contributed by atoms with Gasteiger partial charge >= 0.3 is 0 Å². The molecule has 1 fully saturated rings. The first-order valence-corrected chi connectivity index (χ1v) is 11.3. The average Bonchev–Trinajstić information content (AvgIpc) is 3.30. The fraction of sp³-hybridized carbons (Fsp3) is 0.259. The molecule has 1 amide bonds. The lowest BCUT2D eigenvalue weighted by Gasteiger charge is -2.32. The fourth-order valence-electron chi connectivity index (χ4n) is 4.51. The van der Waals surface area contributed by atoms with Crippen LogP contribution in [0.15, 0.2) is 71.7 Å². The van der Waals surface area contributed by atoms with Crippen LogP contribution < -0.4 is 0 Å². The first-order valence-electron chi connectivity index (χ1n) is 11.3. The van der Waals surface area contributed by atoms with Gasteiger partial charge in [0.2, 0.25) is 0 Å². The van der Waals surface area contributed by atoms with Gasteiger partial charge in [-0.2, -0.15) is 0 Å². The van der Waals surface area contributed by atoms with E-state index in [-0.39, 0.29) is 11.8 Å². The lowest BCUT2D eigenvalue weighted by molar-refractivity contribution is 0.0679. The number of carbonyl (C=O) groups excluding carboxylic acids is 1. The van der Waals surface area contributed by atoms with Crippen LogP contribution in [0, 0.1) is 13.8 Å². The molecule has 6 nitrogen and oxygen atoms in total. The number of aryl methyl sites for hydroxylation is 2. The highest BCUT2D eigenvalue weighted by Crippen LogP contribution is 2.36. The minimum atomic E-state index is -0.0335. The molecule has 0 saturated carbocycles. The molecule has 0 spiro atoms. The van der Waals surface area contributed by atoms with Gasteiger partial charge in [0.25, 0.3) is 5.91 Å². The minimum absolute atomic E-state index is 0.0335. The zero-order valence-electron chi connectivity index (χ0n) is 18.9. The van der Waals surface area contributed by atoms with Crippen molar-refractivity contribution in [1.82, 2.24) is 19.9 Å². The quantitative estimate of drug-likeness (QED) is 0.424. The summed E-state index contributed by atoms with van der Waals surface area (Å²) in [6, 6.07) is 14.0. The van der Waals surface area contributed by atoms with E-state index in [1.807, 2.05) is 48.4 Å². The van der Waals surface area contributed by atoms with Crippen LogP contribution in [0.1, 0.15) is 46.1 Å². The molecule has 33 heavy (non-hydrogen) atoms. The summed E-state index contributed by atoms with van der Waals surface area (Å²) < 4.78 is 5.43. The summed E-state index contributed by atoms with van der Waals surface area (Å²) in [5, 5.41) is 0. The van der Waals surface area contributed by atoms with Gasteiger partial charge in [-0.05, 0) is 56.0 Å². The summed E-state index contributed by atoms with van der Waals surface area (Å²) in [6.07, 6.45) is 8.74. The smallest absolute Gasteiger partial charge is 0.289 e. The minimum Gasteiger partial charge on any atom is -0.459 e. The average molecular weight is 439 g/mol. The summed E-state index contributed by atoms with van der Waals surface area (Å²) >= 11 is 0. The molecule has 1 saturated heterocycles. The van der Waals surface area contributed by atoms with Crippen molar-refractivity contribution in [1.29, 1.82) is 0 Å². The number of hydrogen-bond donors (Lipinski definition) is 0. The number of aromatic nitrogens is 3. The van der Waals surface area contributed by atoms with Crippen molar-refractivity contribution < 1.29 is 9.21 Å². The Bertz CT molecular complexity index is 1270. The Morgan fingerprint density at radius 2 is 1.79 bits per heavy atom. The highest BCUT2D eigenvalue weighted by atomic mass is 16.3. The van der Waals surface area contributed by atoms with E-state index in [0.717, 1.165) is 40.8 Å². The molecule has 3 aromatic heterocycles. The van der Waals surface area contributed by atoms with Crippen molar-refractivity contribution in [3.8, 4) is 22.5 Å². The standard InChI is InChI=1S/C27H26N4O2/c1-18-6-3-4-8-22(18)23-17-29-26(21-7-5-12-28-16-21)30-24(23)20-9-13-31(14-10-20)27(32)25-19(2)11-15-33-25/h3-8,11-12,15-17,20H,9-10,13-14H2,1-2H3. The van der Waals surface area contributed by atoms with E-state index < -0.39 is 0 Å². The lowest BCUT2D eigenvalue weighted by atomic mass is 9.87. The molecule has 6 heteroatoms. The van der Waals surface area contributed by atoms with Crippen molar-refractivity contribution in [2.24, 2.45) is 0 Å². The van der Waals surface area contributed by atoms with Crippen LogP contribution in [0.3, 0.4) is 0 Å². The molecule has 0 radical (unpaired) electrons. The van der Waals surface area contributed by atoms with Crippen LogP contribution in [-0.2, 0) is 0 Å². The van der Waals surface area contributed by atoms with E-state index in [2.05, 4.69) is 29.0 Å². The van der Waals surface area contributed by atoms with Crippen LogP contribution in [0.25, 0.3) is 22.5 Å². The van der Waals surface area contributed by atoms with Crippen LogP contribution in [-0.4, -0.2) is 38.8 Å². The monoisotopic (exact) mass is 438 g/mol. The maximum Gasteiger partial charge on any atom is 0.289 e. The number of furan rings is 1. The van der Waals surface area contributed by atoms with Gasteiger partial charge in [-0.1, -0.05) is 24.3 Å². The third-order valence-corrected chi connectivity index (χ3v) is 6.40. The Morgan fingerprint density at radius 1 is 0.970 bits per heavy atom. The molecule has 0 aliphatic carbocycles. The van der Waals surface area contributed by atoms with Gasteiger partial charge in [0.05, 0.1) is 12.0 Å². The van der Waals surface area contributed by atoms with Gasteiger partial charge in [-0.3, -0.25) is 9.78 Å². The third-order valence-electron chi connectivity index (χ3n) is 6.40. The summed E-state index contributed by atoms with van der Waals surface area (Å²) in [5.74, 6) is 1.32. The second-order valence-electron chi connectivity index (χ2n) is 8.55. The van der Waals surface area contributed by atoms with E-state index in [1.54, 1.807) is 18.7 Å². The molecule has 1 aromatic carbocycles. The first kappa shape index (κ1) is 21.1. The Balaban J connectivity index is 1.47. The molecule has 0 bridgehead atoms. The van der Waals surface area contributed by atoms with Gasteiger partial charge in [0, 0.05) is 54.3 Å². The Morgan fingerprint density at radius 3 is 2.48 bits per heavy atom. The predicted octanol–water partition coefficient (Wildman–Crippen LogP) is 5.44. The number of hydrogen-bond acceptors (Lipinski definition) is 5. The number of likely N-dealkylation sites (tertiary alicyclic amines) is 1. The fourth-order valence-corrected chi connectivity index (χ4v) is 4.51. The molecule has 1 aliphatic heterocycles. The molecule has 0 N–H and O–H groups in total. The summed E-state index contributed by atoms with van der Waals surface area (Å²) in [4.78, 5) is 28.7. The summed E-state index contributed by atoms with van der Waals surface area (Å²) in [5.41, 5.74) is 6.22. The third kappa shape index (κ3) is 4.16. The van der Waals surface area contributed by atoms with Crippen LogP contribution in [0.4, 0.5) is 0 Å². The molecule has 4 aromatic rings. The van der Waals surface area contributed by atoms with Gasteiger partial charge < -0.3 is 9.32 Å². The molecule has 4 heterocycles. The highest BCUT2D eigenvalue weighted by molar-refractivity contribution is 5.92. The zero-order chi connectivity index (χ0) is 22.8. The van der Waals surface area contributed by atoms with E-state index in [1.165, 1.54) is 5.56 Å². The number of rotatable bonds is 4. The van der Waals surface area contributed by atoms with E-state index in [4.69, 9.17) is 9.40 Å². The van der Waals surface area contributed by atoms with Crippen LogP contribution in [0.5, 0.6) is 0 Å². The molecule has 0 unspecified atom stereocenters. The van der Waals surface area contributed by atoms with Gasteiger partial charge in [-0.25, -0.2) is 9.97 Å². The summed E-state index contributed by atoms with van der Waals surface area (Å²) in [6.45, 7) is 5.35. The van der Waals surface area contributed by atoms with E-state index in [0.29, 0.717) is 24.7 Å². The zero-order valence-corrected chi connectivity index (χ0v) is 18.9. The number of pyridine rings is 1. The van der Waals surface area contributed by atoms with Crippen LogP contribution >= 0.6 is 0 Å². The SMILES string of the molecule is Cc1ccccc1-c1cnc(-c2cccnc2)nc1C1CCN(C(=O)c2occc2C)CC1. The largest absolute Gasteiger partial charge is 0.459 e. The number of benzene rings is 1. The van der Waals surface area contributed by atoms with Crippen molar-refractivity contribution in [2.45, 2.75) is 32.6 Å². The molecule has 1 aliphatic rings. The predicted molar refractivity (Wildman–Crippen MR) is 127 cm³/mol. The van der Waals surface area contributed by atoms with Crippen molar-refractivity contribution in [3.63, 3.8) is 0 Å². The van der Waals surface area contributed by atoms with Crippen molar-refractivity contribution >= 4 is 5.91 Å². The number of amides is 1. The Kier molecular flexibility index (Phi) is 5.73. The second-order valence-corrected chi connectivity index (χ2v) is 8.55. The Labute approximate surface area is 193 Å². The lowest BCUT2D eigenvalue weighted by Crippen LogP contribution is -2.38. The van der Waals surface area contributed by atoms with E-state index >= 15 is 0 Å². The van der Waals surface area contributed by atoms with Gasteiger partial charge in [0.1, 0.15) is 0 Å². The second kappa shape index (κ2) is 8.98. The molecular weight excluding hydrogens is 412 g/mol. The van der Waals surface area contributed by atoms with Gasteiger partial charge in [0.15, 0.2) is 11.6 Å². The maximum absolute atomic E-state index is 12.9. The van der Waals surface area contributed by atoms with E-state index in [9.17, 15) is 4.79 Å². The van der Waals surface area contributed by atoms with Crippen molar-refractivity contribution in [3.05, 3.63) is 89.9 Å². The molecule has 5 rings (SSSR count). The number of nitrogens with zero attached hydrogens (tertiary/aromatic N) is 4. The van der Waals surface area contributed by atoms with Gasteiger partial charge in [-0.15, -0.1) is 0 Å². The first-order chi connectivity index (χ1) is 16.1. The molecule has 166 valence electrons. The Hall–Kier alpha value is -3.80. The number of carbonyl (C=O) groups is 1. The van der Waals surface area contributed by atoms with Crippen LogP contribution in [0.2, 0.25) is 0 Å². The maximum atomic E-state index is 12.9. The summed E-state index contributed by atoms with van der Waals surface area (Å²) in [7, 11) is 0. The topological polar surface area (TPSA) is 72.1 Å². The number of piperidine rings is 1. The highest BCUT2D eigenvalue weighted by Gasteiger charge is 2.29.